The Kier molecular flexibility index (Phi) is 7.77. The van der Waals surface area contributed by atoms with Gasteiger partial charge in [-0.3, -0.25) is 4.90 Å². The van der Waals surface area contributed by atoms with Crippen molar-refractivity contribution in [2.45, 2.75) is 37.5 Å². The molecule has 2 N–H and O–H groups in total. The van der Waals surface area contributed by atoms with Crippen LogP contribution in [-0.4, -0.2) is 48.5 Å². The van der Waals surface area contributed by atoms with Crippen molar-refractivity contribution >= 4 is 23.5 Å². The molecule has 3 rings (SSSR count). The molecule has 0 aromatic heterocycles. The lowest BCUT2D eigenvalue weighted by atomic mass is 10.1. The molecule has 5 nitrogen and oxygen atoms in total. The van der Waals surface area contributed by atoms with Gasteiger partial charge in [-0.2, -0.15) is 0 Å². The maximum Gasteiger partial charge on any atom is 0.319 e. The van der Waals surface area contributed by atoms with Crippen molar-refractivity contribution < 1.29 is 9.53 Å². The molecule has 0 spiro atoms. The largest absolute Gasteiger partial charge is 0.373 e. The molecule has 2 amide bonds. The van der Waals surface area contributed by atoms with Crippen molar-refractivity contribution in [3.8, 4) is 0 Å². The third kappa shape index (κ3) is 6.55. The second-order valence-corrected chi connectivity index (χ2v) is 8.32. The summed E-state index contributed by atoms with van der Waals surface area (Å²) in [7, 11) is 0. The number of hydrogen-bond acceptors (Lipinski definition) is 4. The number of nitrogens with zero attached hydrogens (tertiary/aromatic N) is 1. The van der Waals surface area contributed by atoms with Crippen LogP contribution in [0.3, 0.4) is 0 Å². The quantitative estimate of drug-likeness (QED) is 0.541. The monoisotopic (exact) mass is 399 g/mol. The number of thioether (sulfide) groups is 1. The Bertz CT molecular complexity index is 746. The molecule has 0 bridgehead atoms. The van der Waals surface area contributed by atoms with Crippen molar-refractivity contribution in [3.63, 3.8) is 0 Å². The molecule has 2 atom stereocenters. The van der Waals surface area contributed by atoms with E-state index >= 15 is 0 Å². The van der Waals surface area contributed by atoms with Gasteiger partial charge in [0.05, 0.1) is 12.2 Å². The SMILES string of the molecule is CC1CN(Cc2ccccc2NC(=O)NCCSc2ccccc2)CC(C)O1. The van der Waals surface area contributed by atoms with E-state index in [9.17, 15) is 4.79 Å². The zero-order valence-electron chi connectivity index (χ0n) is 16.6. The van der Waals surface area contributed by atoms with E-state index in [1.54, 1.807) is 11.8 Å². The zero-order valence-corrected chi connectivity index (χ0v) is 17.4. The van der Waals surface area contributed by atoms with Crippen LogP contribution in [0.15, 0.2) is 59.5 Å². The molecule has 1 aliphatic heterocycles. The summed E-state index contributed by atoms with van der Waals surface area (Å²) < 4.78 is 5.81. The van der Waals surface area contributed by atoms with Gasteiger partial charge in [0.2, 0.25) is 0 Å². The lowest BCUT2D eigenvalue weighted by Crippen LogP contribution is -2.45. The minimum atomic E-state index is -0.162. The minimum absolute atomic E-state index is 0.162. The van der Waals surface area contributed by atoms with Crippen LogP contribution >= 0.6 is 11.8 Å². The van der Waals surface area contributed by atoms with E-state index in [4.69, 9.17) is 4.74 Å². The number of benzene rings is 2. The third-order valence-electron chi connectivity index (χ3n) is 4.55. The fraction of sp³-hybridized carbons (Fsp3) is 0.409. The second kappa shape index (κ2) is 10.5. The van der Waals surface area contributed by atoms with Crippen LogP contribution in [0.2, 0.25) is 0 Å². The summed E-state index contributed by atoms with van der Waals surface area (Å²) in [4.78, 5) is 15.9. The van der Waals surface area contributed by atoms with Gasteiger partial charge in [-0.15, -0.1) is 11.8 Å². The lowest BCUT2D eigenvalue weighted by Gasteiger charge is -2.35. The molecular formula is C22H29N3O2S. The van der Waals surface area contributed by atoms with Crippen molar-refractivity contribution in [2.75, 3.05) is 30.7 Å². The van der Waals surface area contributed by atoms with E-state index < -0.39 is 0 Å². The number of carbonyl (C=O) groups is 1. The number of morpholine rings is 1. The van der Waals surface area contributed by atoms with Gasteiger partial charge < -0.3 is 15.4 Å². The van der Waals surface area contributed by atoms with Crippen molar-refractivity contribution in [3.05, 3.63) is 60.2 Å². The number of para-hydroxylation sites is 1. The molecule has 1 heterocycles. The number of anilines is 1. The first-order valence-corrected chi connectivity index (χ1v) is 10.8. The normalized spacial score (nSPS) is 19.9. The van der Waals surface area contributed by atoms with Gasteiger partial charge in [-0.25, -0.2) is 4.79 Å². The highest BCUT2D eigenvalue weighted by Crippen LogP contribution is 2.20. The zero-order chi connectivity index (χ0) is 19.8. The molecule has 2 aromatic carbocycles. The van der Waals surface area contributed by atoms with E-state index in [0.29, 0.717) is 6.54 Å². The summed E-state index contributed by atoms with van der Waals surface area (Å²) in [6.45, 7) is 7.44. The van der Waals surface area contributed by atoms with E-state index in [0.717, 1.165) is 36.6 Å². The number of urea groups is 1. The van der Waals surface area contributed by atoms with Crippen molar-refractivity contribution in [2.24, 2.45) is 0 Å². The third-order valence-corrected chi connectivity index (χ3v) is 5.57. The molecule has 0 saturated carbocycles. The first kappa shape index (κ1) is 20.7. The molecule has 1 fully saturated rings. The first-order chi connectivity index (χ1) is 13.6. The molecule has 2 aromatic rings. The Morgan fingerprint density at radius 2 is 1.75 bits per heavy atom. The van der Waals surface area contributed by atoms with E-state index in [2.05, 4.69) is 47.6 Å². The molecule has 1 aliphatic rings. The van der Waals surface area contributed by atoms with Crippen LogP contribution in [0.5, 0.6) is 0 Å². The number of ether oxygens (including phenoxy) is 1. The molecular weight excluding hydrogens is 370 g/mol. The van der Waals surface area contributed by atoms with E-state index in [1.165, 1.54) is 4.90 Å². The number of amides is 2. The molecule has 150 valence electrons. The topological polar surface area (TPSA) is 53.6 Å². The number of hydrogen-bond donors (Lipinski definition) is 2. The van der Waals surface area contributed by atoms with Gasteiger partial charge in [0.1, 0.15) is 0 Å². The summed E-state index contributed by atoms with van der Waals surface area (Å²) in [5.41, 5.74) is 1.99. The van der Waals surface area contributed by atoms with Crippen LogP contribution in [0.1, 0.15) is 19.4 Å². The Hall–Kier alpha value is -2.02. The lowest BCUT2D eigenvalue weighted by molar-refractivity contribution is -0.0704. The maximum atomic E-state index is 12.3. The highest BCUT2D eigenvalue weighted by atomic mass is 32.2. The minimum Gasteiger partial charge on any atom is -0.373 e. The summed E-state index contributed by atoms with van der Waals surface area (Å²) in [6.07, 6.45) is 0.462. The van der Waals surface area contributed by atoms with Crippen molar-refractivity contribution in [1.29, 1.82) is 0 Å². The predicted molar refractivity (Wildman–Crippen MR) is 116 cm³/mol. The second-order valence-electron chi connectivity index (χ2n) is 7.15. The van der Waals surface area contributed by atoms with Crippen LogP contribution in [0.25, 0.3) is 0 Å². The van der Waals surface area contributed by atoms with Crippen LogP contribution in [0, 0.1) is 0 Å². The average Bonchev–Trinajstić information content (AvgIpc) is 2.67. The number of rotatable bonds is 7. The Balaban J connectivity index is 1.47. The van der Waals surface area contributed by atoms with Crippen LogP contribution in [-0.2, 0) is 11.3 Å². The molecule has 1 saturated heterocycles. The van der Waals surface area contributed by atoms with E-state index in [-0.39, 0.29) is 18.2 Å². The Labute approximate surface area is 171 Å². The van der Waals surface area contributed by atoms with Gasteiger partial charge in [0, 0.05) is 42.5 Å². The van der Waals surface area contributed by atoms with Gasteiger partial charge in [0.15, 0.2) is 0 Å². The van der Waals surface area contributed by atoms with Crippen molar-refractivity contribution in [1.82, 2.24) is 10.2 Å². The predicted octanol–water partition coefficient (Wildman–Crippen LogP) is 4.21. The highest BCUT2D eigenvalue weighted by molar-refractivity contribution is 7.99. The fourth-order valence-corrected chi connectivity index (χ4v) is 4.24. The van der Waals surface area contributed by atoms with E-state index in [1.807, 2.05) is 36.4 Å². The van der Waals surface area contributed by atoms with Gasteiger partial charge in [-0.1, -0.05) is 36.4 Å². The Morgan fingerprint density at radius 3 is 2.50 bits per heavy atom. The molecule has 2 unspecified atom stereocenters. The maximum absolute atomic E-state index is 12.3. The summed E-state index contributed by atoms with van der Waals surface area (Å²) in [5.74, 6) is 0.836. The van der Waals surface area contributed by atoms with Crippen LogP contribution < -0.4 is 10.6 Å². The smallest absolute Gasteiger partial charge is 0.319 e. The summed E-state index contributed by atoms with van der Waals surface area (Å²) in [6, 6.07) is 18.0. The molecule has 0 radical (unpaired) electrons. The first-order valence-electron chi connectivity index (χ1n) is 9.78. The summed E-state index contributed by atoms with van der Waals surface area (Å²) >= 11 is 1.73. The fourth-order valence-electron chi connectivity index (χ4n) is 3.45. The summed E-state index contributed by atoms with van der Waals surface area (Å²) in [5, 5.41) is 5.95. The average molecular weight is 400 g/mol. The molecule has 6 heteroatoms. The highest BCUT2D eigenvalue weighted by Gasteiger charge is 2.22. The number of carbonyl (C=O) groups excluding carboxylic acids is 1. The standard InChI is InChI=1S/C22H29N3O2S/c1-17-14-25(15-18(2)27-17)16-19-8-6-7-11-21(19)24-22(26)23-12-13-28-20-9-4-3-5-10-20/h3-11,17-18H,12-16H2,1-2H3,(H2,23,24,26). The van der Waals surface area contributed by atoms with Crippen LogP contribution in [0.4, 0.5) is 10.5 Å². The Morgan fingerprint density at radius 1 is 1.07 bits per heavy atom. The number of nitrogens with one attached hydrogen (secondary N) is 2. The van der Waals surface area contributed by atoms with Gasteiger partial charge in [-0.05, 0) is 37.6 Å². The molecule has 28 heavy (non-hydrogen) atoms. The van der Waals surface area contributed by atoms with Gasteiger partial charge >= 0.3 is 6.03 Å². The van der Waals surface area contributed by atoms with Gasteiger partial charge in [0.25, 0.3) is 0 Å². The molecule has 0 aliphatic carbocycles.